The lowest BCUT2D eigenvalue weighted by Crippen LogP contribution is -2.01. The van der Waals surface area contributed by atoms with Crippen molar-refractivity contribution in [3.05, 3.63) is 48.3 Å². The summed E-state index contributed by atoms with van der Waals surface area (Å²) in [5.74, 6) is 0.394. The van der Waals surface area contributed by atoms with Crippen molar-refractivity contribution >= 4 is 27.4 Å². The van der Waals surface area contributed by atoms with Crippen molar-refractivity contribution in [2.75, 3.05) is 12.0 Å². The molecule has 0 saturated heterocycles. The summed E-state index contributed by atoms with van der Waals surface area (Å²) in [6, 6.07) is 8.35. The van der Waals surface area contributed by atoms with Crippen molar-refractivity contribution < 1.29 is 13.2 Å². The van der Waals surface area contributed by atoms with Crippen LogP contribution in [0.2, 0.25) is 0 Å². The second-order valence-corrected chi connectivity index (χ2v) is 7.59. The molecule has 2 rings (SSSR count). The van der Waals surface area contributed by atoms with E-state index < -0.39 is 9.84 Å². The highest BCUT2D eigenvalue weighted by atomic mass is 32.2. The van der Waals surface area contributed by atoms with Gasteiger partial charge in [-0.15, -0.1) is 11.8 Å². The highest BCUT2D eigenvalue weighted by molar-refractivity contribution is 8.00. The van der Waals surface area contributed by atoms with Crippen molar-refractivity contribution in [3.63, 3.8) is 0 Å². The molecule has 0 amide bonds. The van der Waals surface area contributed by atoms with E-state index in [2.05, 4.69) is 0 Å². The van der Waals surface area contributed by atoms with Crippen LogP contribution in [0.5, 0.6) is 0 Å². The zero-order valence-corrected chi connectivity index (χ0v) is 12.9. The van der Waals surface area contributed by atoms with Gasteiger partial charge in [0.15, 0.2) is 15.6 Å². The van der Waals surface area contributed by atoms with E-state index >= 15 is 0 Å². The quantitative estimate of drug-likeness (QED) is 0.628. The number of thioether (sulfide) groups is 1. The summed E-state index contributed by atoms with van der Waals surface area (Å²) in [5.41, 5.74) is 0.688. The number of nitrogens with zero attached hydrogens (tertiary/aromatic N) is 1. The van der Waals surface area contributed by atoms with Crippen LogP contribution in [0, 0.1) is 0 Å². The molecule has 0 N–H and O–H groups in total. The fraction of sp³-hybridized carbons (Fsp3) is 0.214. The fourth-order valence-electron chi connectivity index (χ4n) is 1.68. The van der Waals surface area contributed by atoms with Crippen molar-refractivity contribution in [3.8, 4) is 0 Å². The highest BCUT2D eigenvalue weighted by Crippen LogP contribution is 2.21. The standard InChI is InChI=1S/C14H15NO3S2/c1-15-8-7-11(9-15)14(16)10-19-12-3-5-13(6-4-12)20(2,17)18/h3-9H,10H2,1-2H3. The first kappa shape index (κ1) is 14.9. The second-order valence-electron chi connectivity index (χ2n) is 4.52. The molecule has 1 heterocycles. The van der Waals surface area contributed by atoms with Crippen molar-refractivity contribution in [1.82, 2.24) is 4.57 Å². The average molecular weight is 309 g/mol. The Morgan fingerprint density at radius 2 is 1.85 bits per heavy atom. The van der Waals surface area contributed by atoms with E-state index in [0.29, 0.717) is 11.3 Å². The fourth-order valence-corrected chi connectivity index (χ4v) is 3.11. The summed E-state index contributed by atoms with van der Waals surface area (Å²) in [4.78, 5) is 13.1. The predicted octanol–water partition coefficient (Wildman–Crippen LogP) is 2.40. The zero-order valence-electron chi connectivity index (χ0n) is 11.2. The first-order valence-electron chi connectivity index (χ1n) is 5.94. The number of sulfone groups is 1. The molecule has 2 aromatic rings. The third kappa shape index (κ3) is 3.74. The Labute approximate surface area is 122 Å². The van der Waals surface area contributed by atoms with Gasteiger partial charge in [0.2, 0.25) is 0 Å². The van der Waals surface area contributed by atoms with Crippen molar-refractivity contribution in [2.45, 2.75) is 9.79 Å². The smallest absolute Gasteiger partial charge is 0.175 e. The largest absolute Gasteiger partial charge is 0.357 e. The summed E-state index contributed by atoms with van der Waals surface area (Å²) in [6.07, 6.45) is 4.79. The maximum Gasteiger partial charge on any atom is 0.175 e. The minimum atomic E-state index is -3.17. The molecule has 0 aliphatic rings. The predicted molar refractivity (Wildman–Crippen MR) is 80.0 cm³/mol. The Morgan fingerprint density at radius 1 is 1.20 bits per heavy atom. The Hall–Kier alpha value is -1.53. The first-order chi connectivity index (χ1) is 9.36. The molecule has 1 aromatic carbocycles. The van der Waals surface area contributed by atoms with Gasteiger partial charge >= 0.3 is 0 Å². The molecule has 0 radical (unpaired) electrons. The van der Waals surface area contributed by atoms with Crippen molar-refractivity contribution in [1.29, 1.82) is 0 Å². The lowest BCUT2D eigenvalue weighted by molar-refractivity contribution is 0.102. The molecular weight excluding hydrogens is 294 g/mol. The van der Waals surface area contributed by atoms with Crippen LogP contribution in [-0.2, 0) is 16.9 Å². The lowest BCUT2D eigenvalue weighted by Gasteiger charge is -2.02. The molecular formula is C14H15NO3S2. The number of aromatic nitrogens is 1. The van der Waals surface area contributed by atoms with Gasteiger partial charge in [0.25, 0.3) is 0 Å². The lowest BCUT2D eigenvalue weighted by atomic mass is 10.2. The first-order valence-corrected chi connectivity index (χ1v) is 8.82. The second kappa shape index (κ2) is 5.85. The van der Waals surface area contributed by atoms with E-state index in [0.717, 1.165) is 4.90 Å². The van der Waals surface area contributed by atoms with Crippen LogP contribution in [0.4, 0.5) is 0 Å². The van der Waals surface area contributed by atoms with E-state index in [1.54, 1.807) is 36.5 Å². The molecule has 106 valence electrons. The Bertz CT molecular complexity index is 715. The van der Waals surface area contributed by atoms with Crippen LogP contribution < -0.4 is 0 Å². The molecule has 6 heteroatoms. The van der Waals surface area contributed by atoms with Gasteiger partial charge in [0.05, 0.1) is 10.6 Å². The van der Waals surface area contributed by atoms with E-state index in [1.165, 1.54) is 18.0 Å². The van der Waals surface area contributed by atoms with Gasteiger partial charge in [0.1, 0.15) is 0 Å². The monoisotopic (exact) mass is 309 g/mol. The minimum absolute atomic E-state index is 0.0581. The summed E-state index contributed by atoms with van der Waals surface area (Å²) >= 11 is 1.40. The normalized spacial score (nSPS) is 11.5. The van der Waals surface area contributed by atoms with Gasteiger partial charge < -0.3 is 4.57 Å². The third-order valence-electron chi connectivity index (χ3n) is 2.78. The average Bonchev–Trinajstić information content (AvgIpc) is 2.82. The Morgan fingerprint density at radius 3 is 2.35 bits per heavy atom. The van der Waals surface area contributed by atoms with E-state index in [4.69, 9.17) is 0 Å². The van der Waals surface area contributed by atoms with Gasteiger partial charge in [-0.1, -0.05) is 0 Å². The van der Waals surface area contributed by atoms with E-state index in [9.17, 15) is 13.2 Å². The zero-order chi connectivity index (χ0) is 14.8. The maximum absolute atomic E-state index is 11.9. The Kier molecular flexibility index (Phi) is 4.35. The number of Topliss-reactive ketones (excluding diaryl/α,β-unsaturated/α-hetero) is 1. The van der Waals surface area contributed by atoms with E-state index in [1.807, 2.05) is 17.8 Å². The van der Waals surface area contributed by atoms with Crippen molar-refractivity contribution in [2.24, 2.45) is 7.05 Å². The van der Waals surface area contributed by atoms with Gasteiger partial charge in [-0.05, 0) is 30.3 Å². The molecule has 0 fully saturated rings. The number of carbonyl (C=O) groups excluding carboxylic acids is 1. The van der Waals surface area contributed by atoms with Gasteiger partial charge in [-0.2, -0.15) is 0 Å². The number of aryl methyl sites for hydroxylation is 1. The summed E-state index contributed by atoms with van der Waals surface area (Å²) < 4.78 is 24.5. The SMILES string of the molecule is Cn1ccc(C(=O)CSc2ccc(S(C)(=O)=O)cc2)c1. The van der Waals surface area contributed by atoms with Crippen LogP contribution in [0.3, 0.4) is 0 Å². The molecule has 20 heavy (non-hydrogen) atoms. The third-order valence-corrected chi connectivity index (χ3v) is 4.92. The van der Waals surface area contributed by atoms with Crippen LogP contribution in [0.15, 0.2) is 52.5 Å². The number of benzene rings is 1. The summed E-state index contributed by atoms with van der Waals surface area (Å²) in [5, 5.41) is 0. The van der Waals surface area contributed by atoms with Gasteiger partial charge in [0, 0.05) is 36.2 Å². The molecule has 0 aliphatic carbocycles. The van der Waals surface area contributed by atoms with Crippen LogP contribution in [-0.4, -0.2) is 30.8 Å². The molecule has 4 nitrogen and oxygen atoms in total. The number of carbonyl (C=O) groups is 1. The molecule has 0 aliphatic heterocycles. The van der Waals surface area contributed by atoms with Gasteiger partial charge in [-0.3, -0.25) is 4.79 Å². The Balaban J connectivity index is 1.99. The van der Waals surface area contributed by atoms with E-state index in [-0.39, 0.29) is 10.7 Å². The molecule has 0 spiro atoms. The van der Waals surface area contributed by atoms with Crippen LogP contribution in [0.1, 0.15) is 10.4 Å². The number of rotatable bonds is 5. The summed E-state index contributed by atoms with van der Waals surface area (Å²) in [6.45, 7) is 0. The minimum Gasteiger partial charge on any atom is -0.357 e. The number of hydrogen-bond donors (Lipinski definition) is 0. The highest BCUT2D eigenvalue weighted by Gasteiger charge is 2.09. The topological polar surface area (TPSA) is 56.1 Å². The maximum atomic E-state index is 11.9. The van der Waals surface area contributed by atoms with Crippen LogP contribution >= 0.6 is 11.8 Å². The molecule has 0 saturated carbocycles. The van der Waals surface area contributed by atoms with Gasteiger partial charge in [-0.25, -0.2) is 8.42 Å². The number of ketones is 1. The molecule has 0 unspecified atom stereocenters. The molecule has 0 atom stereocenters. The summed E-state index contributed by atoms with van der Waals surface area (Å²) in [7, 11) is -1.30. The molecule has 0 bridgehead atoms. The molecule has 1 aromatic heterocycles. The van der Waals surface area contributed by atoms with Crippen LogP contribution in [0.25, 0.3) is 0 Å². The number of hydrogen-bond acceptors (Lipinski definition) is 4.